The number of hydrogen-bond donors (Lipinski definition) is 1. The Kier molecular flexibility index (Phi) is 6.34. The van der Waals surface area contributed by atoms with Crippen molar-refractivity contribution in [1.82, 2.24) is 4.90 Å². The van der Waals surface area contributed by atoms with Gasteiger partial charge in [-0.25, -0.2) is 4.79 Å². The fraction of sp³-hybridized carbons (Fsp3) is 0.391. The molecule has 0 saturated carbocycles. The summed E-state index contributed by atoms with van der Waals surface area (Å²) in [6.07, 6.45) is 2.09. The van der Waals surface area contributed by atoms with E-state index >= 15 is 0 Å². The molecule has 28 heavy (non-hydrogen) atoms. The molecule has 0 aliphatic carbocycles. The number of likely N-dealkylation sites (tertiary alicyclic amines) is 1. The number of phenolic OH excluding ortho intramolecular Hbond substituents is 1. The van der Waals surface area contributed by atoms with Crippen molar-refractivity contribution < 1.29 is 19.4 Å². The van der Waals surface area contributed by atoms with Gasteiger partial charge in [0.2, 0.25) is 0 Å². The molecule has 1 aliphatic heterocycles. The molecule has 1 atom stereocenters. The Morgan fingerprint density at radius 2 is 1.82 bits per heavy atom. The Bertz CT molecular complexity index is 826. The van der Waals surface area contributed by atoms with E-state index in [0.29, 0.717) is 24.6 Å². The van der Waals surface area contributed by atoms with Crippen LogP contribution in [-0.4, -0.2) is 41.1 Å². The van der Waals surface area contributed by atoms with Gasteiger partial charge in [0.1, 0.15) is 5.75 Å². The summed E-state index contributed by atoms with van der Waals surface area (Å²) in [5.74, 6) is -0.160. The van der Waals surface area contributed by atoms with Gasteiger partial charge in [-0.2, -0.15) is 0 Å². The topological polar surface area (TPSA) is 66.8 Å². The van der Waals surface area contributed by atoms with Crippen LogP contribution >= 0.6 is 0 Å². The molecular formula is C23H27NO4. The number of carbonyl (C=O) groups is 2. The van der Waals surface area contributed by atoms with Crippen molar-refractivity contribution >= 4 is 11.9 Å². The van der Waals surface area contributed by atoms with Crippen LogP contribution in [0.3, 0.4) is 0 Å². The molecule has 1 fully saturated rings. The molecule has 1 aliphatic rings. The van der Waals surface area contributed by atoms with Crippen molar-refractivity contribution in [3.05, 3.63) is 65.2 Å². The van der Waals surface area contributed by atoms with Gasteiger partial charge in [-0.05, 0) is 62.3 Å². The van der Waals surface area contributed by atoms with Gasteiger partial charge in [-0.1, -0.05) is 36.4 Å². The number of rotatable bonds is 5. The van der Waals surface area contributed by atoms with Crippen molar-refractivity contribution in [1.29, 1.82) is 0 Å². The highest BCUT2D eigenvalue weighted by molar-refractivity contribution is 5.92. The van der Waals surface area contributed by atoms with Crippen molar-refractivity contribution in [2.45, 2.75) is 39.2 Å². The van der Waals surface area contributed by atoms with Crippen molar-refractivity contribution in [3.8, 4) is 5.75 Å². The smallest absolute Gasteiger partial charge is 0.339 e. The van der Waals surface area contributed by atoms with E-state index in [1.54, 1.807) is 30.9 Å². The second kappa shape index (κ2) is 8.91. The molecule has 0 bridgehead atoms. The largest absolute Gasteiger partial charge is 0.508 e. The average Bonchev–Trinajstić information content (AvgIpc) is 2.70. The molecule has 1 amide bonds. The van der Waals surface area contributed by atoms with Crippen LogP contribution < -0.4 is 0 Å². The van der Waals surface area contributed by atoms with Gasteiger partial charge in [-0.3, -0.25) is 4.79 Å². The summed E-state index contributed by atoms with van der Waals surface area (Å²) in [6, 6.07) is 15.0. The zero-order chi connectivity index (χ0) is 20.1. The lowest BCUT2D eigenvalue weighted by atomic mass is 9.90. The van der Waals surface area contributed by atoms with Crippen LogP contribution in [0.5, 0.6) is 5.75 Å². The van der Waals surface area contributed by atoms with Gasteiger partial charge >= 0.3 is 5.97 Å². The molecule has 2 aromatic carbocycles. The zero-order valence-electron chi connectivity index (χ0n) is 16.4. The Morgan fingerprint density at radius 1 is 1.14 bits per heavy atom. The molecule has 1 heterocycles. The highest BCUT2D eigenvalue weighted by atomic mass is 16.5. The van der Waals surface area contributed by atoms with E-state index in [9.17, 15) is 14.7 Å². The molecule has 5 heteroatoms. The lowest BCUT2D eigenvalue weighted by molar-refractivity contribution is -0.141. The number of amides is 1. The number of carbonyl (C=O) groups excluding carboxylic acids is 2. The van der Waals surface area contributed by atoms with E-state index < -0.39 is 12.1 Å². The van der Waals surface area contributed by atoms with E-state index in [1.807, 2.05) is 6.07 Å². The summed E-state index contributed by atoms with van der Waals surface area (Å²) in [5, 5.41) is 9.74. The van der Waals surface area contributed by atoms with Crippen LogP contribution in [0.2, 0.25) is 0 Å². The second-order valence-corrected chi connectivity index (χ2v) is 7.51. The highest BCUT2D eigenvalue weighted by Crippen LogP contribution is 2.23. The number of benzene rings is 2. The van der Waals surface area contributed by atoms with E-state index in [0.717, 1.165) is 19.3 Å². The number of aromatic hydroxyl groups is 1. The predicted octanol–water partition coefficient (Wildman–Crippen LogP) is 3.73. The lowest BCUT2D eigenvalue weighted by Gasteiger charge is -2.33. The minimum Gasteiger partial charge on any atom is -0.508 e. The fourth-order valence-electron chi connectivity index (χ4n) is 3.58. The van der Waals surface area contributed by atoms with Gasteiger partial charge in [0.05, 0.1) is 5.56 Å². The number of hydrogen-bond acceptors (Lipinski definition) is 4. The minimum absolute atomic E-state index is 0.0360. The molecule has 3 rings (SSSR count). The molecule has 1 saturated heterocycles. The molecule has 0 radical (unpaired) electrons. The number of ether oxygens (including phenoxy) is 1. The first kappa shape index (κ1) is 19.9. The highest BCUT2D eigenvalue weighted by Gasteiger charge is 2.28. The molecule has 2 aromatic rings. The molecule has 148 valence electrons. The number of nitrogens with zero attached hydrogens (tertiary/aromatic N) is 1. The van der Waals surface area contributed by atoms with E-state index in [-0.39, 0.29) is 17.2 Å². The minimum atomic E-state index is -0.846. The maximum atomic E-state index is 12.7. The van der Waals surface area contributed by atoms with Gasteiger partial charge in [-0.15, -0.1) is 0 Å². The molecule has 1 N–H and O–H groups in total. The third-order valence-electron chi connectivity index (χ3n) is 5.37. The standard InChI is InChI=1S/C23H27NO4/c1-16-8-9-20(15-21(16)25)23(27)28-17(2)22(26)24-12-10-19(11-13-24)14-18-6-4-3-5-7-18/h3-9,15,17,19,25H,10-14H2,1-2H3. The molecule has 0 aromatic heterocycles. The quantitative estimate of drug-likeness (QED) is 0.802. The zero-order valence-corrected chi connectivity index (χ0v) is 16.4. The van der Waals surface area contributed by atoms with Crippen LogP contribution in [-0.2, 0) is 16.0 Å². The number of piperidine rings is 1. The summed E-state index contributed by atoms with van der Waals surface area (Å²) in [5.41, 5.74) is 2.25. The Labute approximate surface area is 165 Å². The van der Waals surface area contributed by atoms with Crippen molar-refractivity contribution in [3.63, 3.8) is 0 Å². The van der Waals surface area contributed by atoms with E-state index in [4.69, 9.17) is 4.74 Å². The Balaban J connectivity index is 1.50. The van der Waals surface area contributed by atoms with Crippen LogP contribution in [0.25, 0.3) is 0 Å². The molecule has 1 unspecified atom stereocenters. The monoisotopic (exact) mass is 381 g/mol. The molecular weight excluding hydrogens is 354 g/mol. The third kappa shape index (κ3) is 4.91. The summed E-state index contributed by atoms with van der Waals surface area (Å²) in [4.78, 5) is 26.7. The van der Waals surface area contributed by atoms with E-state index in [1.165, 1.54) is 11.6 Å². The van der Waals surface area contributed by atoms with Gasteiger partial charge in [0.15, 0.2) is 6.10 Å². The Morgan fingerprint density at radius 3 is 2.46 bits per heavy atom. The summed E-state index contributed by atoms with van der Waals surface area (Å²) in [7, 11) is 0. The maximum absolute atomic E-state index is 12.7. The van der Waals surface area contributed by atoms with Crippen LogP contribution in [0.4, 0.5) is 0 Å². The van der Waals surface area contributed by atoms with Crippen LogP contribution in [0.15, 0.2) is 48.5 Å². The number of esters is 1. The van der Waals surface area contributed by atoms with E-state index in [2.05, 4.69) is 24.3 Å². The van der Waals surface area contributed by atoms with Gasteiger partial charge in [0.25, 0.3) is 5.91 Å². The first-order valence-corrected chi connectivity index (χ1v) is 9.77. The van der Waals surface area contributed by atoms with Gasteiger partial charge < -0.3 is 14.7 Å². The van der Waals surface area contributed by atoms with Gasteiger partial charge in [0, 0.05) is 13.1 Å². The van der Waals surface area contributed by atoms with Crippen molar-refractivity contribution in [2.75, 3.05) is 13.1 Å². The summed E-state index contributed by atoms with van der Waals surface area (Å²) < 4.78 is 5.33. The SMILES string of the molecule is Cc1ccc(C(=O)OC(C)C(=O)N2CCC(Cc3ccccc3)CC2)cc1O. The fourth-order valence-corrected chi connectivity index (χ4v) is 3.58. The first-order valence-electron chi connectivity index (χ1n) is 9.77. The van der Waals surface area contributed by atoms with Crippen molar-refractivity contribution in [2.24, 2.45) is 5.92 Å². The maximum Gasteiger partial charge on any atom is 0.339 e. The Hall–Kier alpha value is -2.82. The van der Waals surface area contributed by atoms with Crippen LogP contribution in [0.1, 0.15) is 41.3 Å². The third-order valence-corrected chi connectivity index (χ3v) is 5.37. The second-order valence-electron chi connectivity index (χ2n) is 7.51. The first-order chi connectivity index (χ1) is 13.4. The van der Waals surface area contributed by atoms with Crippen LogP contribution in [0, 0.1) is 12.8 Å². The normalized spacial score (nSPS) is 15.9. The summed E-state index contributed by atoms with van der Waals surface area (Å²) >= 11 is 0. The molecule has 0 spiro atoms. The lowest BCUT2D eigenvalue weighted by Crippen LogP contribution is -2.44. The summed E-state index contributed by atoms with van der Waals surface area (Å²) in [6.45, 7) is 4.72. The number of phenols is 1. The number of aryl methyl sites for hydroxylation is 1. The molecule has 5 nitrogen and oxygen atoms in total. The predicted molar refractivity (Wildman–Crippen MR) is 107 cm³/mol. The average molecular weight is 381 g/mol.